The zero-order chi connectivity index (χ0) is 6.24. The van der Waals surface area contributed by atoms with Gasteiger partial charge in [0.2, 0.25) is 0 Å². The summed E-state index contributed by atoms with van der Waals surface area (Å²) in [6.07, 6.45) is 5.21. The van der Waals surface area contributed by atoms with Crippen molar-refractivity contribution >= 4 is 0 Å². The summed E-state index contributed by atoms with van der Waals surface area (Å²) in [7, 11) is 0. The summed E-state index contributed by atoms with van der Waals surface area (Å²) in [5.74, 6) is 0. The molecule has 0 heterocycles. The van der Waals surface area contributed by atoms with E-state index in [0.29, 0.717) is 0 Å². The molecule has 0 aliphatic heterocycles. The first-order valence-electron chi connectivity index (χ1n) is 3.20. The van der Waals surface area contributed by atoms with E-state index >= 15 is 0 Å². The summed E-state index contributed by atoms with van der Waals surface area (Å²) >= 11 is 1.76. The molecule has 2 heteroatoms. The Morgan fingerprint density at radius 2 is 2.00 bits per heavy atom. The van der Waals surface area contributed by atoms with Crippen molar-refractivity contribution in [3.8, 4) is 0 Å². The first-order valence-corrected chi connectivity index (χ1v) is 3.84. The Kier molecular flexibility index (Phi) is 8.32. The van der Waals surface area contributed by atoms with Gasteiger partial charge in [-0.05, 0) is 0 Å². The Morgan fingerprint density at radius 3 is 2.50 bits per heavy atom. The van der Waals surface area contributed by atoms with Gasteiger partial charge in [0.25, 0.3) is 0 Å². The van der Waals surface area contributed by atoms with E-state index in [1.807, 2.05) is 0 Å². The van der Waals surface area contributed by atoms with E-state index in [4.69, 9.17) is 3.32 Å². The van der Waals surface area contributed by atoms with Crippen LogP contribution in [-0.4, -0.2) is 6.61 Å². The fourth-order valence-corrected chi connectivity index (χ4v) is 0.826. The number of hydrogen-bond donors (Lipinski definition) is 0. The maximum atomic E-state index is 4.89. The fourth-order valence-electron chi connectivity index (χ4n) is 0.601. The van der Waals surface area contributed by atoms with E-state index in [9.17, 15) is 0 Å². The Balaban J connectivity index is 2.53. The SMILES string of the molecule is CCCCCC[O][Ti]. The van der Waals surface area contributed by atoms with Crippen molar-refractivity contribution < 1.29 is 24.1 Å². The Morgan fingerprint density at radius 1 is 1.25 bits per heavy atom. The van der Waals surface area contributed by atoms with Crippen LogP contribution in [-0.2, 0) is 24.1 Å². The topological polar surface area (TPSA) is 9.23 Å². The van der Waals surface area contributed by atoms with Gasteiger partial charge in [-0.25, -0.2) is 0 Å². The van der Waals surface area contributed by atoms with Crippen LogP contribution in [0.1, 0.15) is 32.6 Å². The standard InChI is InChI=1S/C6H13O.Ti/c1-2-3-4-5-6-7;/h2-6H2,1H3;/q-1;+1. The van der Waals surface area contributed by atoms with Crippen LogP contribution in [0.5, 0.6) is 0 Å². The molecule has 0 saturated heterocycles. The quantitative estimate of drug-likeness (QED) is 0.429. The van der Waals surface area contributed by atoms with Crippen molar-refractivity contribution in [3.63, 3.8) is 0 Å². The van der Waals surface area contributed by atoms with Crippen LogP contribution in [0, 0.1) is 0 Å². The Labute approximate surface area is 63.7 Å². The first kappa shape index (κ1) is 8.67. The molecule has 0 bridgehead atoms. The summed E-state index contributed by atoms with van der Waals surface area (Å²) in [5, 5.41) is 0. The molecule has 0 radical (unpaired) electrons. The van der Waals surface area contributed by atoms with Gasteiger partial charge >= 0.3 is 63.4 Å². The van der Waals surface area contributed by atoms with Crippen molar-refractivity contribution in [2.45, 2.75) is 32.6 Å². The van der Waals surface area contributed by atoms with E-state index in [-0.39, 0.29) is 0 Å². The van der Waals surface area contributed by atoms with Gasteiger partial charge in [-0.2, -0.15) is 0 Å². The molecule has 0 aromatic carbocycles. The number of rotatable bonds is 5. The van der Waals surface area contributed by atoms with Crippen molar-refractivity contribution in [1.82, 2.24) is 0 Å². The van der Waals surface area contributed by atoms with Crippen molar-refractivity contribution in [3.05, 3.63) is 0 Å². The van der Waals surface area contributed by atoms with Gasteiger partial charge in [0.1, 0.15) is 0 Å². The van der Waals surface area contributed by atoms with E-state index < -0.39 is 0 Å². The zero-order valence-corrected chi connectivity index (χ0v) is 7.01. The minimum atomic E-state index is 0.931. The molecule has 0 amide bonds. The average Bonchev–Trinajstić information content (AvgIpc) is 1.81. The van der Waals surface area contributed by atoms with Crippen molar-refractivity contribution in [2.24, 2.45) is 0 Å². The van der Waals surface area contributed by atoms with Gasteiger partial charge in [-0.15, -0.1) is 0 Å². The summed E-state index contributed by atoms with van der Waals surface area (Å²) in [6.45, 7) is 3.15. The molecular formula is C6H13OTi. The molecule has 0 aliphatic carbocycles. The van der Waals surface area contributed by atoms with Gasteiger partial charge in [-0.3, -0.25) is 0 Å². The zero-order valence-electron chi connectivity index (χ0n) is 5.44. The Bertz CT molecular complexity index is 33.5. The normalized spacial score (nSPS) is 9.50. The van der Waals surface area contributed by atoms with E-state index in [2.05, 4.69) is 6.92 Å². The summed E-state index contributed by atoms with van der Waals surface area (Å²) in [5.41, 5.74) is 0. The van der Waals surface area contributed by atoms with Crippen LogP contribution in [0.2, 0.25) is 0 Å². The molecule has 0 saturated carbocycles. The third-order valence-corrected chi connectivity index (χ3v) is 1.42. The second kappa shape index (κ2) is 7.67. The molecule has 1 nitrogen and oxygen atoms in total. The predicted octanol–water partition coefficient (Wildman–Crippen LogP) is 2.05. The number of unbranched alkanes of at least 4 members (excludes halogenated alkanes) is 3. The van der Waals surface area contributed by atoms with E-state index in [1.54, 1.807) is 20.8 Å². The van der Waals surface area contributed by atoms with Crippen LogP contribution in [0.4, 0.5) is 0 Å². The molecule has 0 rings (SSSR count). The summed E-state index contributed by atoms with van der Waals surface area (Å²) in [4.78, 5) is 0. The van der Waals surface area contributed by atoms with Crippen LogP contribution in [0.3, 0.4) is 0 Å². The molecule has 0 fully saturated rings. The third-order valence-electron chi connectivity index (χ3n) is 1.10. The molecular weight excluding hydrogens is 136 g/mol. The van der Waals surface area contributed by atoms with Crippen molar-refractivity contribution in [2.75, 3.05) is 6.61 Å². The Hall–Kier alpha value is 0.674. The summed E-state index contributed by atoms with van der Waals surface area (Å²) in [6, 6.07) is 0. The minimum absolute atomic E-state index is 0.931. The maximum absolute atomic E-state index is 4.89. The fraction of sp³-hybridized carbons (Fsp3) is 1.00. The average molecular weight is 149 g/mol. The van der Waals surface area contributed by atoms with E-state index in [0.717, 1.165) is 6.61 Å². The van der Waals surface area contributed by atoms with Gasteiger partial charge in [0, 0.05) is 0 Å². The predicted molar refractivity (Wildman–Crippen MR) is 30.1 cm³/mol. The van der Waals surface area contributed by atoms with Gasteiger partial charge in [0.05, 0.1) is 0 Å². The monoisotopic (exact) mass is 149 g/mol. The molecule has 0 unspecified atom stereocenters. The second-order valence-electron chi connectivity index (χ2n) is 1.91. The van der Waals surface area contributed by atoms with Gasteiger partial charge < -0.3 is 0 Å². The first-order chi connectivity index (χ1) is 3.91. The molecule has 0 aromatic heterocycles. The second-order valence-corrected chi connectivity index (χ2v) is 2.36. The molecule has 0 aromatic rings. The van der Waals surface area contributed by atoms with Crippen LogP contribution in [0.25, 0.3) is 0 Å². The summed E-state index contributed by atoms with van der Waals surface area (Å²) < 4.78 is 4.89. The molecule has 0 aliphatic rings. The van der Waals surface area contributed by atoms with Gasteiger partial charge in [-0.1, -0.05) is 0 Å². The molecule has 8 heavy (non-hydrogen) atoms. The third kappa shape index (κ3) is 6.67. The molecule has 0 spiro atoms. The number of hydrogen-bond acceptors (Lipinski definition) is 1. The van der Waals surface area contributed by atoms with Crippen LogP contribution < -0.4 is 0 Å². The van der Waals surface area contributed by atoms with Crippen LogP contribution in [0.15, 0.2) is 0 Å². The van der Waals surface area contributed by atoms with Crippen molar-refractivity contribution in [1.29, 1.82) is 0 Å². The molecule has 0 N–H and O–H groups in total. The molecule has 0 atom stereocenters. The van der Waals surface area contributed by atoms with Gasteiger partial charge in [0.15, 0.2) is 0 Å². The molecule has 47 valence electrons. The van der Waals surface area contributed by atoms with E-state index in [1.165, 1.54) is 25.7 Å². The van der Waals surface area contributed by atoms with Crippen LogP contribution >= 0.6 is 0 Å².